The fraction of sp³-hybridized carbons (Fsp3) is 0.400. The molecule has 0 aromatic heterocycles. The quantitative estimate of drug-likeness (QED) is 0.783. The smallest absolute Gasteiger partial charge is 0.264 e. The predicted molar refractivity (Wildman–Crippen MR) is 50.5 cm³/mol. The summed E-state index contributed by atoms with van der Waals surface area (Å²) in [5.41, 5.74) is 5.97. The molecule has 3 N–H and O–H groups in total. The Morgan fingerprint density at radius 3 is 2.57 bits per heavy atom. The van der Waals surface area contributed by atoms with E-state index < -0.39 is 18.9 Å². The first-order valence-corrected chi connectivity index (χ1v) is 4.31. The number of aromatic hydroxyl groups is 1. The van der Waals surface area contributed by atoms with E-state index in [0.717, 1.165) is 0 Å². The highest BCUT2D eigenvalue weighted by Crippen LogP contribution is 2.23. The van der Waals surface area contributed by atoms with Gasteiger partial charge in [-0.3, -0.25) is 0 Å². The second-order valence-electron chi connectivity index (χ2n) is 3.36. The Morgan fingerprint density at radius 1 is 1.43 bits per heavy atom. The van der Waals surface area contributed by atoms with Gasteiger partial charge in [-0.05, 0) is 24.1 Å². The maximum absolute atomic E-state index is 12.9. The summed E-state index contributed by atoms with van der Waals surface area (Å²) in [7, 11) is 0. The molecular weight excluding hydrogens is 188 g/mol. The Morgan fingerprint density at radius 2 is 2.07 bits per heavy atom. The zero-order valence-electron chi connectivity index (χ0n) is 7.93. The molecule has 0 fully saturated rings. The summed E-state index contributed by atoms with van der Waals surface area (Å²) in [6, 6.07) is 4.52. The largest absolute Gasteiger partial charge is 0.508 e. The molecule has 0 amide bonds. The lowest BCUT2D eigenvalue weighted by molar-refractivity contribution is 0.0115. The van der Waals surface area contributed by atoms with Crippen molar-refractivity contribution in [2.45, 2.75) is 19.3 Å². The number of nitrogens with two attached hydrogens (primary N) is 1. The zero-order valence-corrected chi connectivity index (χ0v) is 7.93. The Bertz CT molecular complexity index is 326. The van der Waals surface area contributed by atoms with Gasteiger partial charge in [-0.2, -0.15) is 0 Å². The molecule has 0 bridgehead atoms. The lowest BCUT2D eigenvalue weighted by Crippen LogP contribution is -2.30. The van der Waals surface area contributed by atoms with Crippen LogP contribution in [0.5, 0.6) is 5.75 Å². The van der Waals surface area contributed by atoms with E-state index in [1.165, 1.54) is 6.07 Å². The average molecular weight is 201 g/mol. The summed E-state index contributed by atoms with van der Waals surface area (Å²) in [6.07, 6.45) is -0.433. The van der Waals surface area contributed by atoms with Crippen LogP contribution in [0.3, 0.4) is 0 Å². The maximum atomic E-state index is 12.9. The van der Waals surface area contributed by atoms with Crippen LogP contribution in [0.15, 0.2) is 18.2 Å². The third-order valence-corrected chi connectivity index (χ3v) is 2.03. The van der Waals surface area contributed by atoms with E-state index in [1.54, 1.807) is 19.1 Å². The molecule has 0 radical (unpaired) electrons. The molecule has 0 aliphatic rings. The summed E-state index contributed by atoms with van der Waals surface area (Å²) in [5.74, 6) is -2.86. The van der Waals surface area contributed by atoms with E-state index in [0.29, 0.717) is 11.1 Å². The van der Waals surface area contributed by atoms with Gasteiger partial charge in [-0.25, -0.2) is 8.78 Å². The molecule has 2 nitrogen and oxygen atoms in total. The summed E-state index contributed by atoms with van der Waals surface area (Å²) in [5, 5.41) is 9.29. The van der Waals surface area contributed by atoms with Gasteiger partial charge in [-0.15, -0.1) is 0 Å². The third kappa shape index (κ3) is 2.67. The topological polar surface area (TPSA) is 46.2 Å². The van der Waals surface area contributed by atoms with Crippen molar-refractivity contribution in [3.63, 3.8) is 0 Å². The molecule has 0 saturated heterocycles. The molecule has 1 aromatic carbocycles. The molecule has 1 rings (SSSR count). The van der Waals surface area contributed by atoms with Crippen molar-refractivity contribution >= 4 is 0 Å². The Kier molecular flexibility index (Phi) is 3.06. The minimum Gasteiger partial charge on any atom is -0.508 e. The number of hydrogen-bond acceptors (Lipinski definition) is 2. The van der Waals surface area contributed by atoms with Crippen molar-refractivity contribution in [2.24, 2.45) is 5.73 Å². The second kappa shape index (κ2) is 3.92. The van der Waals surface area contributed by atoms with Gasteiger partial charge >= 0.3 is 0 Å². The number of alkyl halides is 2. The molecule has 1 aromatic rings. The molecule has 0 atom stereocenters. The van der Waals surface area contributed by atoms with Gasteiger partial charge < -0.3 is 10.8 Å². The van der Waals surface area contributed by atoms with E-state index >= 15 is 0 Å². The fourth-order valence-electron chi connectivity index (χ4n) is 1.14. The first-order chi connectivity index (χ1) is 6.44. The molecule has 0 heterocycles. The van der Waals surface area contributed by atoms with Gasteiger partial charge in [0, 0.05) is 6.42 Å². The molecule has 14 heavy (non-hydrogen) atoms. The number of halogens is 2. The fourth-order valence-corrected chi connectivity index (χ4v) is 1.14. The average Bonchev–Trinajstić information content (AvgIpc) is 2.11. The zero-order chi connectivity index (χ0) is 10.8. The van der Waals surface area contributed by atoms with Crippen LogP contribution in [0.2, 0.25) is 0 Å². The summed E-state index contributed by atoms with van der Waals surface area (Å²) in [6.45, 7) is 1.03. The summed E-state index contributed by atoms with van der Waals surface area (Å²) in [4.78, 5) is 0. The highest BCUT2D eigenvalue weighted by atomic mass is 19.3. The van der Waals surface area contributed by atoms with E-state index in [-0.39, 0.29) is 5.75 Å². The lowest BCUT2D eigenvalue weighted by atomic mass is 10.0. The SMILES string of the molecule is Cc1ccc(CC(F)(F)CN)cc1O. The van der Waals surface area contributed by atoms with Crippen LogP contribution in [-0.2, 0) is 6.42 Å². The summed E-state index contributed by atoms with van der Waals surface area (Å²) < 4.78 is 25.7. The van der Waals surface area contributed by atoms with Crippen molar-refractivity contribution < 1.29 is 13.9 Å². The highest BCUT2D eigenvalue weighted by molar-refractivity contribution is 5.35. The van der Waals surface area contributed by atoms with Crippen LogP contribution in [-0.4, -0.2) is 17.6 Å². The van der Waals surface area contributed by atoms with Gasteiger partial charge in [0.05, 0.1) is 6.54 Å². The van der Waals surface area contributed by atoms with E-state index in [2.05, 4.69) is 0 Å². The van der Waals surface area contributed by atoms with E-state index in [9.17, 15) is 13.9 Å². The molecule has 0 spiro atoms. The van der Waals surface area contributed by atoms with Crippen LogP contribution in [0.25, 0.3) is 0 Å². The third-order valence-electron chi connectivity index (χ3n) is 2.03. The van der Waals surface area contributed by atoms with Crippen molar-refractivity contribution in [1.29, 1.82) is 0 Å². The lowest BCUT2D eigenvalue weighted by Gasteiger charge is -2.13. The molecule has 0 aliphatic carbocycles. The number of phenols is 1. The van der Waals surface area contributed by atoms with Gasteiger partial charge in [0.15, 0.2) is 0 Å². The second-order valence-corrected chi connectivity index (χ2v) is 3.36. The van der Waals surface area contributed by atoms with Crippen molar-refractivity contribution in [3.8, 4) is 5.75 Å². The van der Waals surface area contributed by atoms with E-state index in [1.807, 2.05) is 0 Å². The number of aryl methyl sites for hydroxylation is 1. The molecule has 4 heteroatoms. The summed E-state index contributed by atoms with van der Waals surface area (Å²) >= 11 is 0. The number of phenolic OH excluding ortho intramolecular Hbond substituents is 1. The molecule has 78 valence electrons. The van der Waals surface area contributed by atoms with Crippen molar-refractivity contribution in [1.82, 2.24) is 0 Å². The number of benzene rings is 1. The Balaban J connectivity index is 2.83. The number of rotatable bonds is 3. The first kappa shape index (κ1) is 10.9. The van der Waals surface area contributed by atoms with Crippen LogP contribution in [0, 0.1) is 6.92 Å². The normalized spacial score (nSPS) is 11.7. The predicted octanol–water partition coefficient (Wildman–Crippen LogP) is 1.84. The van der Waals surface area contributed by atoms with Crippen molar-refractivity contribution in [2.75, 3.05) is 6.54 Å². The standard InChI is InChI=1S/C10H13F2NO/c1-7-2-3-8(4-9(7)14)5-10(11,12)6-13/h2-4,14H,5-6,13H2,1H3. The monoisotopic (exact) mass is 201 g/mol. The van der Waals surface area contributed by atoms with Crippen LogP contribution < -0.4 is 5.73 Å². The molecule has 0 saturated carbocycles. The van der Waals surface area contributed by atoms with E-state index in [4.69, 9.17) is 5.73 Å². The van der Waals surface area contributed by atoms with Crippen LogP contribution in [0.4, 0.5) is 8.78 Å². The molecular formula is C10H13F2NO. The first-order valence-electron chi connectivity index (χ1n) is 4.31. The van der Waals surface area contributed by atoms with Gasteiger partial charge in [-0.1, -0.05) is 12.1 Å². The van der Waals surface area contributed by atoms with Crippen LogP contribution in [0.1, 0.15) is 11.1 Å². The van der Waals surface area contributed by atoms with Crippen molar-refractivity contribution in [3.05, 3.63) is 29.3 Å². The minimum absolute atomic E-state index is 0.0373. The van der Waals surface area contributed by atoms with Crippen LogP contribution >= 0.6 is 0 Å². The maximum Gasteiger partial charge on any atom is 0.264 e. The molecule has 0 unspecified atom stereocenters. The van der Waals surface area contributed by atoms with Gasteiger partial charge in [0.1, 0.15) is 5.75 Å². The van der Waals surface area contributed by atoms with Gasteiger partial charge in [0.25, 0.3) is 5.92 Å². The minimum atomic E-state index is -2.90. The number of hydrogen-bond donors (Lipinski definition) is 2. The Hall–Kier alpha value is -1.16. The molecule has 0 aliphatic heterocycles. The van der Waals surface area contributed by atoms with Gasteiger partial charge in [0.2, 0.25) is 0 Å². The Labute approximate surface area is 81.4 Å². The highest BCUT2D eigenvalue weighted by Gasteiger charge is 2.27.